The second kappa shape index (κ2) is 2.85. The molecule has 4 heteroatoms. The van der Waals surface area contributed by atoms with Crippen LogP contribution in [0.5, 0.6) is 11.5 Å². The van der Waals surface area contributed by atoms with E-state index in [1.807, 2.05) is 0 Å². The van der Waals surface area contributed by atoms with Crippen molar-refractivity contribution in [3.8, 4) is 11.5 Å². The van der Waals surface area contributed by atoms with E-state index in [9.17, 15) is 14.6 Å². The summed E-state index contributed by atoms with van der Waals surface area (Å²) in [6.45, 7) is 0. The fourth-order valence-corrected chi connectivity index (χ4v) is 1.52. The maximum Gasteiger partial charge on any atom is 0.166 e. The zero-order chi connectivity index (χ0) is 10.3. The molecule has 1 aromatic carbocycles. The van der Waals surface area contributed by atoms with Gasteiger partial charge in [0.2, 0.25) is 0 Å². The molecule has 1 aromatic rings. The predicted octanol–water partition coefficient (Wildman–Crippen LogP) is 1.52. The molecule has 0 aliphatic heterocycles. The van der Waals surface area contributed by atoms with E-state index in [0.29, 0.717) is 12.8 Å². The SMILES string of the molecule is COc1ccc(F)c(C2(O)CC2)c1O. The van der Waals surface area contributed by atoms with Crippen molar-refractivity contribution >= 4 is 0 Å². The third-order valence-electron chi connectivity index (χ3n) is 2.50. The quantitative estimate of drug-likeness (QED) is 0.757. The molecule has 0 radical (unpaired) electrons. The average Bonchev–Trinajstić information content (AvgIpc) is 2.85. The minimum atomic E-state index is -1.19. The highest BCUT2D eigenvalue weighted by Gasteiger charge is 2.46. The summed E-state index contributed by atoms with van der Waals surface area (Å²) in [5.41, 5.74) is -1.24. The van der Waals surface area contributed by atoms with E-state index in [-0.39, 0.29) is 17.1 Å². The van der Waals surface area contributed by atoms with Crippen LogP contribution in [-0.4, -0.2) is 17.3 Å². The van der Waals surface area contributed by atoms with E-state index in [0.717, 1.165) is 0 Å². The van der Waals surface area contributed by atoms with Gasteiger partial charge in [-0.3, -0.25) is 0 Å². The lowest BCUT2D eigenvalue weighted by Gasteiger charge is -2.13. The van der Waals surface area contributed by atoms with Gasteiger partial charge in [0, 0.05) is 0 Å². The number of hydrogen-bond acceptors (Lipinski definition) is 3. The molecule has 0 bridgehead atoms. The molecular formula is C10H11FO3. The number of phenolic OH excluding ortho intramolecular Hbond substituents is 1. The summed E-state index contributed by atoms with van der Waals surface area (Å²) in [5.74, 6) is -0.711. The van der Waals surface area contributed by atoms with Crippen molar-refractivity contribution in [2.45, 2.75) is 18.4 Å². The molecule has 2 rings (SSSR count). The number of halogens is 1. The Morgan fingerprint density at radius 3 is 2.57 bits per heavy atom. The summed E-state index contributed by atoms with van der Waals surface area (Å²) in [4.78, 5) is 0. The molecule has 76 valence electrons. The van der Waals surface area contributed by atoms with E-state index in [4.69, 9.17) is 4.74 Å². The Balaban J connectivity index is 2.56. The van der Waals surface area contributed by atoms with Crippen molar-refractivity contribution in [1.29, 1.82) is 0 Å². The van der Waals surface area contributed by atoms with Gasteiger partial charge in [-0.1, -0.05) is 0 Å². The second-order valence-electron chi connectivity index (χ2n) is 3.50. The van der Waals surface area contributed by atoms with Crippen LogP contribution in [-0.2, 0) is 5.60 Å². The van der Waals surface area contributed by atoms with E-state index >= 15 is 0 Å². The first kappa shape index (κ1) is 9.27. The third kappa shape index (κ3) is 1.23. The number of rotatable bonds is 2. The number of aromatic hydroxyl groups is 1. The molecule has 3 nitrogen and oxygen atoms in total. The van der Waals surface area contributed by atoms with Crippen molar-refractivity contribution in [3.63, 3.8) is 0 Å². The first-order valence-corrected chi connectivity index (χ1v) is 4.37. The molecule has 1 aliphatic carbocycles. The van der Waals surface area contributed by atoms with Gasteiger partial charge in [-0.25, -0.2) is 4.39 Å². The highest BCUT2D eigenvalue weighted by Crippen LogP contribution is 2.51. The number of ether oxygens (including phenoxy) is 1. The van der Waals surface area contributed by atoms with Gasteiger partial charge in [0.05, 0.1) is 18.3 Å². The summed E-state index contributed by atoms with van der Waals surface area (Å²) in [7, 11) is 1.38. The molecule has 1 fully saturated rings. The lowest BCUT2D eigenvalue weighted by molar-refractivity contribution is 0.142. The number of benzene rings is 1. The predicted molar refractivity (Wildman–Crippen MR) is 47.7 cm³/mol. The Labute approximate surface area is 80.8 Å². The highest BCUT2D eigenvalue weighted by molar-refractivity contribution is 5.50. The maximum atomic E-state index is 13.3. The van der Waals surface area contributed by atoms with Crippen LogP contribution in [0.4, 0.5) is 4.39 Å². The average molecular weight is 198 g/mol. The van der Waals surface area contributed by atoms with E-state index in [2.05, 4.69) is 0 Å². The number of methoxy groups -OCH3 is 1. The van der Waals surface area contributed by atoms with Crippen molar-refractivity contribution in [1.82, 2.24) is 0 Å². The molecule has 1 saturated carbocycles. The molecule has 1 aliphatic rings. The van der Waals surface area contributed by atoms with Crippen LogP contribution in [0, 0.1) is 5.82 Å². The van der Waals surface area contributed by atoms with E-state index in [1.54, 1.807) is 0 Å². The van der Waals surface area contributed by atoms with E-state index in [1.165, 1.54) is 19.2 Å². The van der Waals surface area contributed by atoms with Gasteiger partial charge >= 0.3 is 0 Å². The Morgan fingerprint density at radius 2 is 2.07 bits per heavy atom. The van der Waals surface area contributed by atoms with Crippen LogP contribution >= 0.6 is 0 Å². The Kier molecular flexibility index (Phi) is 1.89. The lowest BCUT2D eigenvalue weighted by atomic mass is 10.1. The van der Waals surface area contributed by atoms with Gasteiger partial charge in [-0.15, -0.1) is 0 Å². The standard InChI is InChI=1S/C10H11FO3/c1-14-7-3-2-6(11)8(9(7)12)10(13)4-5-10/h2-3,12-13H,4-5H2,1H3. The van der Waals surface area contributed by atoms with Gasteiger partial charge in [0.1, 0.15) is 5.82 Å². The second-order valence-corrected chi connectivity index (χ2v) is 3.50. The lowest BCUT2D eigenvalue weighted by Crippen LogP contribution is -2.08. The fraction of sp³-hybridized carbons (Fsp3) is 0.400. The summed E-state index contributed by atoms with van der Waals surface area (Å²) in [6.07, 6.45) is 0.954. The van der Waals surface area contributed by atoms with Crippen LogP contribution in [0.2, 0.25) is 0 Å². The van der Waals surface area contributed by atoms with Crippen LogP contribution in [0.25, 0.3) is 0 Å². The smallest absolute Gasteiger partial charge is 0.166 e. The maximum absolute atomic E-state index is 13.3. The molecule has 0 spiro atoms. The molecule has 0 amide bonds. The molecule has 0 heterocycles. The molecule has 0 unspecified atom stereocenters. The van der Waals surface area contributed by atoms with Crippen LogP contribution < -0.4 is 4.74 Å². The van der Waals surface area contributed by atoms with Crippen molar-refractivity contribution in [2.24, 2.45) is 0 Å². The summed E-state index contributed by atoms with van der Waals surface area (Å²) in [5, 5.41) is 19.3. The zero-order valence-corrected chi connectivity index (χ0v) is 7.75. The van der Waals surface area contributed by atoms with Crippen LogP contribution in [0.3, 0.4) is 0 Å². The Hall–Kier alpha value is -1.29. The van der Waals surface area contributed by atoms with E-state index < -0.39 is 11.4 Å². The van der Waals surface area contributed by atoms with Gasteiger partial charge in [-0.05, 0) is 25.0 Å². The van der Waals surface area contributed by atoms with Gasteiger partial charge in [0.15, 0.2) is 11.5 Å². The topological polar surface area (TPSA) is 49.7 Å². The van der Waals surface area contributed by atoms with Gasteiger partial charge < -0.3 is 14.9 Å². The van der Waals surface area contributed by atoms with Crippen molar-refractivity contribution < 1.29 is 19.3 Å². The molecule has 14 heavy (non-hydrogen) atoms. The number of aliphatic hydroxyl groups is 1. The molecular weight excluding hydrogens is 187 g/mol. The number of hydrogen-bond donors (Lipinski definition) is 2. The first-order valence-electron chi connectivity index (χ1n) is 4.37. The minimum Gasteiger partial charge on any atom is -0.504 e. The third-order valence-corrected chi connectivity index (χ3v) is 2.50. The normalized spacial score (nSPS) is 17.9. The van der Waals surface area contributed by atoms with Gasteiger partial charge in [0.25, 0.3) is 0 Å². The van der Waals surface area contributed by atoms with Crippen LogP contribution in [0.15, 0.2) is 12.1 Å². The Bertz CT molecular complexity index is 372. The van der Waals surface area contributed by atoms with Gasteiger partial charge in [-0.2, -0.15) is 0 Å². The Morgan fingerprint density at radius 1 is 1.43 bits per heavy atom. The molecule has 2 N–H and O–H groups in total. The minimum absolute atomic E-state index is 0.0446. The largest absolute Gasteiger partial charge is 0.504 e. The molecule has 0 atom stereocenters. The monoisotopic (exact) mass is 198 g/mol. The van der Waals surface area contributed by atoms with Crippen LogP contribution in [0.1, 0.15) is 18.4 Å². The zero-order valence-electron chi connectivity index (χ0n) is 7.75. The summed E-state index contributed by atoms with van der Waals surface area (Å²) in [6, 6.07) is 2.52. The first-order chi connectivity index (χ1) is 6.58. The molecule has 0 saturated heterocycles. The summed E-state index contributed by atoms with van der Waals surface area (Å²) < 4.78 is 18.2. The number of phenols is 1. The fourth-order valence-electron chi connectivity index (χ4n) is 1.52. The molecule has 0 aromatic heterocycles. The van der Waals surface area contributed by atoms with Crippen molar-refractivity contribution in [2.75, 3.05) is 7.11 Å². The highest BCUT2D eigenvalue weighted by atomic mass is 19.1. The van der Waals surface area contributed by atoms with Crippen molar-refractivity contribution in [3.05, 3.63) is 23.5 Å². The summed E-state index contributed by atoms with van der Waals surface area (Å²) >= 11 is 0.